The van der Waals surface area contributed by atoms with Gasteiger partial charge in [-0.3, -0.25) is 9.56 Å². The van der Waals surface area contributed by atoms with E-state index in [-0.39, 0.29) is 0 Å². The fraction of sp³-hybridized carbons (Fsp3) is 0.316. The summed E-state index contributed by atoms with van der Waals surface area (Å²) in [6.45, 7) is 5.68. The minimum absolute atomic E-state index is 0.444. The molecule has 3 rings (SSSR count). The largest absolute Gasteiger partial charge is 0.356 e. The highest BCUT2D eigenvalue weighted by Gasteiger charge is 2.07. The Labute approximate surface area is 158 Å². The third-order valence-corrected chi connectivity index (χ3v) is 4.95. The minimum Gasteiger partial charge on any atom is -0.356 e. The van der Waals surface area contributed by atoms with Crippen LogP contribution >= 0.6 is 11.3 Å². The van der Waals surface area contributed by atoms with Crippen LogP contribution in [0.25, 0.3) is 5.82 Å². The number of thiophene rings is 1. The van der Waals surface area contributed by atoms with Crippen molar-refractivity contribution >= 4 is 17.3 Å². The van der Waals surface area contributed by atoms with Crippen molar-refractivity contribution in [2.75, 3.05) is 13.6 Å². The molecule has 0 aromatic carbocycles. The molecule has 6 nitrogen and oxygen atoms in total. The molecule has 2 N–H and O–H groups in total. The maximum atomic E-state index is 4.52. The molecular formula is C19H24N6S. The van der Waals surface area contributed by atoms with E-state index in [1.54, 1.807) is 24.6 Å². The highest BCUT2D eigenvalue weighted by atomic mass is 32.1. The average molecular weight is 369 g/mol. The van der Waals surface area contributed by atoms with Gasteiger partial charge in [-0.15, -0.1) is 0 Å². The number of aryl methyl sites for hydroxylation is 1. The van der Waals surface area contributed by atoms with E-state index in [4.69, 9.17) is 0 Å². The number of aliphatic imine (C=N–C) groups is 1. The van der Waals surface area contributed by atoms with Crippen LogP contribution in [0.15, 0.2) is 52.5 Å². The summed E-state index contributed by atoms with van der Waals surface area (Å²) < 4.78 is 1.96. The molecule has 0 amide bonds. The highest BCUT2D eigenvalue weighted by Crippen LogP contribution is 2.17. The van der Waals surface area contributed by atoms with Crippen molar-refractivity contribution in [3.63, 3.8) is 0 Å². The second-order valence-corrected chi connectivity index (χ2v) is 6.91. The van der Waals surface area contributed by atoms with Crippen molar-refractivity contribution in [2.24, 2.45) is 4.99 Å². The zero-order chi connectivity index (χ0) is 18.4. The van der Waals surface area contributed by atoms with Crippen LogP contribution in [-0.4, -0.2) is 34.1 Å². The van der Waals surface area contributed by atoms with Gasteiger partial charge in [0.05, 0.1) is 0 Å². The Bertz CT molecular complexity index is 835. The molecule has 0 spiro atoms. The molecule has 0 saturated carbocycles. The van der Waals surface area contributed by atoms with Crippen molar-refractivity contribution < 1.29 is 0 Å². The standard InChI is InChI=1S/C19H24N6S/c1-14(17-6-9-26-13-17)10-23-19(20-3)24-12-16-4-5-18(22-11-16)25-8-7-21-15(25)2/h4-9,11,13-14H,10,12H2,1-3H3,(H2,20,23,24). The molecule has 3 aromatic rings. The molecule has 3 aromatic heterocycles. The molecule has 1 unspecified atom stereocenters. The first-order valence-corrected chi connectivity index (χ1v) is 9.53. The van der Waals surface area contributed by atoms with E-state index in [1.165, 1.54) is 5.56 Å². The first-order valence-electron chi connectivity index (χ1n) is 8.59. The second-order valence-electron chi connectivity index (χ2n) is 6.13. The molecule has 0 fully saturated rings. The van der Waals surface area contributed by atoms with Crippen LogP contribution in [0, 0.1) is 6.92 Å². The van der Waals surface area contributed by atoms with E-state index in [1.807, 2.05) is 30.0 Å². The van der Waals surface area contributed by atoms with Crippen LogP contribution < -0.4 is 10.6 Å². The van der Waals surface area contributed by atoms with Crippen LogP contribution in [0.2, 0.25) is 0 Å². The molecule has 136 valence electrons. The van der Waals surface area contributed by atoms with E-state index < -0.39 is 0 Å². The molecule has 7 heteroatoms. The van der Waals surface area contributed by atoms with Crippen molar-refractivity contribution in [1.82, 2.24) is 25.2 Å². The van der Waals surface area contributed by atoms with Crippen LogP contribution in [0.1, 0.15) is 29.8 Å². The summed E-state index contributed by atoms with van der Waals surface area (Å²) in [5, 5.41) is 11.0. The highest BCUT2D eigenvalue weighted by molar-refractivity contribution is 7.07. The summed E-state index contributed by atoms with van der Waals surface area (Å²) in [6, 6.07) is 6.24. The summed E-state index contributed by atoms with van der Waals surface area (Å²) in [5.41, 5.74) is 2.45. The summed E-state index contributed by atoms with van der Waals surface area (Å²) >= 11 is 1.73. The average Bonchev–Trinajstić information content (AvgIpc) is 3.34. The molecule has 0 bridgehead atoms. The molecule has 0 aliphatic heterocycles. The molecule has 3 heterocycles. The third kappa shape index (κ3) is 4.49. The molecule has 0 aliphatic carbocycles. The molecular weight excluding hydrogens is 344 g/mol. The Hall–Kier alpha value is -2.67. The van der Waals surface area contributed by atoms with E-state index in [0.29, 0.717) is 12.5 Å². The van der Waals surface area contributed by atoms with Crippen LogP contribution in [0.4, 0.5) is 0 Å². The SMILES string of the molecule is CN=C(NCc1ccc(-n2ccnc2C)nc1)NCC(C)c1ccsc1. The molecule has 0 aliphatic rings. The number of hydrogen-bond donors (Lipinski definition) is 2. The van der Waals surface area contributed by atoms with Crippen molar-refractivity contribution in [3.8, 4) is 5.82 Å². The van der Waals surface area contributed by atoms with E-state index in [2.05, 4.69) is 55.4 Å². The van der Waals surface area contributed by atoms with E-state index >= 15 is 0 Å². The van der Waals surface area contributed by atoms with Crippen molar-refractivity contribution in [2.45, 2.75) is 26.3 Å². The van der Waals surface area contributed by atoms with Gasteiger partial charge >= 0.3 is 0 Å². The lowest BCUT2D eigenvalue weighted by atomic mass is 10.1. The third-order valence-electron chi connectivity index (χ3n) is 4.25. The topological polar surface area (TPSA) is 67.1 Å². The van der Waals surface area contributed by atoms with Crippen LogP contribution in [0.5, 0.6) is 0 Å². The number of nitrogens with one attached hydrogen (secondary N) is 2. The summed E-state index contributed by atoms with van der Waals surface area (Å²) in [6.07, 6.45) is 5.57. The first kappa shape index (κ1) is 18.1. The Morgan fingerprint density at radius 2 is 2.15 bits per heavy atom. The predicted molar refractivity (Wildman–Crippen MR) is 107 cm³/mol. The summed E-state index contributed by atoms with van der Waals surface area (Å²) in [7, 11) is 1.79. The molecule has 0 saturated heterocycles. The van der Waals surface area contributed by atoms with Gasteiger partial charge in [-0.05, 0) is 46.9 Å². The number of rotatable bonds is 6. The first-order chi connectivity index (χ1) is 12.7. The number of nitrogens with zero attached hydrogens (tertiary/aromatic N) is 4. The zero-order valence-electron chi connectivity index (χ0n) is 15.3. The van der Waals surface area contributed by atoms with Gasteiger partial charge in [0.2, 0.25) is 0 Å². The van der Waals surface area contributed by atoms with Gasteiger partial charge in [0.25, 0.3) is 0 Å². The maximum absolute atomic E-state index is 4.52. The van der Waals surface area contributed by atoms with Gasteiger partial charge < -0.3 is 10.6 Å². The van der Waals surface area contributed by atoms with Crippen molar-refractivity contribution in [3.05, 3.63) is 64.5 Å². The zero-order valence-corrected chi connectivity index (χ0v) is 16.1. The van der Waals surface area contributed by atoms with Gasteiger partial charge in [0.15, 0.2) is 5.96 Å². The number of imidazole rings is 1. The van der Waals surface area contributed by atoms with E-state index in [0.717, 1.165) is 29.7 Å². The Morgan fingerprint density at radius 3 is 2.77 bits per heavy atom. The predicted octanol–water partition coefficient (Wildman–Crippen LogP) is 3.11. The van der Waals surface area contributed by atoms with Gasteiger partial charge in [-0.1, -0.05) is 13.0 Å². The van der Waals surface area contributed by atoms with Crippen LogP contribution in [-0.2, 0) is 6.54 Å². The summed E-state index contributed by atoms with van der Waals surface area (Å²) in [4.78, 5) is 13.0. The van der Waals surface area contributed by atoms with Crippen LogP contribution in [0.3, 0.4) is 0 Å². The quantitative estimate of drug-likeness (QED) is 0.518. The Morgan fingerprint density at radius 1 is 1.27 bits per heavy atom. The van der Waals surface area contributed by atoms with Gasteiger partial charge in [0, 0.05) is 38.7 Å². The van der Waals surface area contributed by atoms with E-state index in [9.17, 15) is 0 Å². The minimum atomic E-state index is 0.444. The molecule has 1 atom stereocenters. The smallest absolute Gasteiger partial charge is 0.191 e. The second kappa shape index (κ2) is 8.62. The fourth-order valence-corrected chi connectivity index (χ4v) is 3.40. The lowest BCUT2D eigenvalue weighted by molar-refractivity contribution is 0.700. The lowest BCUT2D eigenvalue weighted by Crippen LogP contribution is -2.38. The number of pyridine rings is 1. The Balaban J connectivity index is 1.51. The maximum Gasteiger partial charge on any atom is 0.191 e. The monoisotopic (exact) mass is 368 g/mol. The molecule has 26 heavy (non-hydrogen) atoms. The van der Waals surface area contributed by atoms with Gasteiger partial charge in [-0.2, -0.15) is 11.3 Å². The van der Waals surface area contributed by atoms with Crippen molar-refractivity contribution in [1.29, 1.82) is 0 Å². The summed E-state index contributed by atoms with van der Waals surface area (Å²) in [5.74, 6) is 3.03. The normalized spacial score (nSPS) is 12.8. The fourth-order valence-electron chi connectivity index (χ4n) is 2.61. The molecule has 0 radical (unpaired) electrons. The number of guanidine groups is 1. The lowest BCUT2D eigenvalue weighted by Gasteiger charge is -2.15. The van der Waals surface area contributed by atoms with Gasteiger partial charge in [0.1, 0.15) is 11.6 Å². The van der Waals surface area contributed by atoms with Gasteiger partial charge in [-0.25, -0.2) is 9.97 Å². The number of hydrogen-bond acceptors (Lipinski definition) is 4. The Kier molecular flexibility index (Phi) is 6.01. The number of aromatic nitrogens is 3.